The highest BCUT2D eigenvalue weighted by Crippen LogP contribution is 2.30. The number of ether oxygens (including phenoxy) is 1. The molecule has 86 valence electrons. The molecule has 0 heterocycles. The summed E-state index contributed by atoms with van der Waals surface area (Å²) in [5, 5.41) is 9.85. The van der Waals surface area contributed by atoms with Gasteiger partial charge in [-0.1, -0.05) is 6.07 Å². The smallest absolute Gasteiger partial charge is 0.132 e. The van der Waals surface area contributed by atoms with E-state index in [1.54, 1.807) is 19.1 Å². The molecule has 1 aromatic carbocycles. The van der Waals surface area contributed by atoms with Gasteiger partial charge in [0.15, 0.2) is 0 Å². The molecule has 3 heteroatoms. The molecule has 0 bridgehead atoms. The van der Waals surface area contributed by atoms with Crippen LogP contribution in [0.4, 0.5) is 4.39 Å². The standard InChI is InChI=1S/C13H15FO2/c1-3-4-5-8-11(15)13-10(14)7-6-9-12(13)16-2/h6-7,9,11,15H,5,8H2,1-2H3. The zero-order valence-electron chi connectivity index (χ0n) is 9.46. The number of benzene rings is 1. The van der Waals surface area contributed by atoms with Gasteiger partial charge in [-0.15, -0.1) is 11.8 Å². The van der Waals surface area contributed by atoms with Gasteiger partial charge in [0.05, 0.1) is 18.8 Å². The minimum Gasteiger partial charge on any atom is -0.496 e. The van der Waals surface area contributed by atoms with Crippen LogP contribution < -0.4 is 4.74 Å². The molecule has 1 atom stereocenters. The fourth-order valence-corrected chi connectivity index (χ4v) is 1.50. The van der Waals surface area contributed by atoms with Gasteiger partial charge in [-0.25, -0.2) is 4.39 Å². The van der Waals surface area contributed by atoms with Crippen LogP contribution in [0.1, 0.15) is 31.4 Å². The molecule has 1 N–H and O–H groups in total. The molecule has 0 aromatic heterocycles. The maximum absolute atomic E-state index is 13.5. The van der Waals surface area contributed by atoms with Crippen molar-refractivity contribution < 1.29 is 14.2 Å². The number of halogens is 1. The Bertz CT molecular complexity index is 404. The van der Waals surface area contributed by atoms with Gasteiger partial charge in [-0.05, 0) is 25.5 Å². The monoisotopic (exact) mass is 222 g/mol. The summed E-state index contributed by atoms with van der Waals surface area (Å²) >= 11 is 0. The molecular weight excluding hydrogens is 207 g/mol. The summed E-state index contributed by atoms with van der Waals surface area (Å²) < 4.78 is 18.5. The maximum Gasteiger partial charge on any atom is 0.132 e. The Hall–Kier alpha value is -1.53. The molecule has 2 nitrogen and oxygen atoms in total. The number of aliphatic hydroxyl groups excluding tert-OH is 1. The van der Waals surface area contributed by atoms with E-state index in [0.29, 0.717) is 18.6 Å². The fourth-order valence-electron chi connectivity index (χ4n) is 1.50. The van der Waals surface area contributed by atoms with Gasteiger partial charge in [0.2, 0.25) is 0 Å². The van der Waals surface area contributed by atoms with E-state index in [1.165, 1.54) is 13.2 Å². The molecule has 0 saturated carbocycles. The highest BCUT2D eigenvalue weighted by atomic mass is 19.1. The van der Waals surface area contributed by atoms with Gasteiger partial charge in [0, 0.05) is 6.42 Å². The van der Waals surface area contributed by atoms with Crippen LogP contribution in [0.2, 0.25) is 0 Å². The molecule has 0 aliphatic carbocycles. The summed E-state index contributed by atoms with van der Waals surface area (Å²) in [5.74, 6) is 5.49. The van der Waals surface area contributed by atoms with Crippen LogP contribution in [0.25, 0.3) is 0 Å². The molecule has 16 heavy (non-hydrogen) atoms. The number of hydrogen-bond acceptors (Lipinski definition) is 2. The van der Waals surface area contributed by atoms with Crippen LogP contribution in [0.3, 0.4) is 0 Å². The zero-order valence-corrected chi connectivity index (χ0v) is 9.46. The Morgan fingerprint density at radius 1 is 1.50 bits per heavy atom. The number of rotatable bonds is 4. The van der Waals surface area contributed by atoms with E-state index in [2.05, 4.69) is 11.8 Å². The van der Waals surface area contributed by atoms with Crippen LogP contribution in [0.5, 0.6) is 5.75 Å². The maximum atomic E-state index is 13.5. The Morgan fingerprint density at radius 2 is 2.25 bits per heavy atom. The Labute approximate surface area is 95.1 Å². The van der Waals surface area contributed by atoms with Gasteiger partial charge < -0.3 is 9.84 Å². The molecule has 1 unspecified atom stereocenters. The van der Waals surface area contributed by atoms with Crippen molar-refractivity contribution in [2.45, 2.75) is 25.9 Å². The molecule has 0 amide bonds. The molecule has 0 fully saturated rings. The van der Waals surface area contributed by atoms with Gasteiger partial charge in [-0.2, -0.15) is 0 Å². The SMILES string of the molecule is CC#CCCC(O)c1c(F)cccc1OC. The molecule has 0 spiro atoms. The summed E-state index contributed by atoms with van der Waals surface area (Å²) in [4.78, 5) is 0. The first-order chi connectivity index (χ1) is 7.70. The van der Waals surface area contributed by atoms with E-state index in [9.17, 15) is 9.50 Å². The van der Waals surface area contributed by atoms with E-state index in [4.69, 9.17) is 4.74 Å². The van der Waals surface area contributed by atoms with Gasteiger partial charge in [-0.3, -0.25) is 0 Å². The predicted molar refractivity (Wildman–Crippen MR) is 60.6 cm³/mol. The molecule has 1 rings (SSSR count). The van der Waals surface area contributed by atoms with E-state index >= 15 is 0 Å². The van der Waals surface area contributed by atoms with Crippen molar-refractivity contribution in [1.29, 1.82) is 0 Å². The summed E-state index contributed by atoms with van der Waals surface area (Å²) in [6.45, 7) is 1.73. The third-order valence-electron chi connectivity index (χ3n) is 2.29. The van der Waals surface area contributed by atoms with Crippen LogP contribution in [-0.4, -0.2) is 12.2 Å². The van der Waals surface area contributed by atoms with Crippen molar-refractivity contribution in [3.05, 3.63) is 29.6 Å². The summed E-state index contributed by atoms with van der Waals surface area (Å²) in [7, 11) is 1.46. The predicted octanol–water partition coefficient (Wildman–Crippen LogP) is 2.67. The lowest BCUT2D eigenvalue weighted by molar-refractivity contribution is 0.160. The van der Waals surface area contributed by atoms with Crippen molar-refractivity contribution in [1.82, 2.24) is 0 Å². The molecule has 0 saturated heterocycles. The van der Waals surface area contributed by atoms with Crippen LogP contribution in [0, 0.1) is 17.7 Å². The third kappa shape index (κ3) is 2.98. The topological polar surface area (TPSA) is 29.5 Å². The molecule has 0 radical (unpaired) electrons. The van der Waals surface area contributed by atoms with Crippen molar-refractivity contribution in [2.24, 2.45) is 0 Å². The summed E-state index contributed by atoms with van der Waals surface area (Å²) in [6.07, 6.45) is 0.0600. The average Bonchev–Trinajstić information content (AvgIpc) is 2.28. The highest BCUT2D eigenvalue weighted by molar-refractivity contribution is 5.36. The van der Waals surface area contributed by atoms with E-state index < -0.39 is 11.9 Å². The van der Waals surface area contributed by atoms with E-state index in [-0.39, 0.29) is 5.56 Å². The number of methoxy groups -OCH3 is 1. The lowest BCUT2D eigenvalue weighted by Gasteiger charge is -2.14. The largest absolute Gasteiger partial charge is 0.496 e. The van der Waals surface area contributed by atoms with Crippen molar-refractivity contribution >= 4 is 0 Å². The quantitative estimate of drug-likeness (QED) is 0.794. The van der Waals surface area contributed by atoms with Crippen molar-refractivity contribution in [3.63, 3.8) is 0 Å². The van der Waals surface area contributed by atoms with Crippen LogP contribution >= 0.6 is 0 Å². The number of hydrogen-bond donors (Lipinski definition) is 1. The highest BCUT2D eigenvalue weighted by Gasteiger charge is 2.17. The van der Waals surface area contributed by atoms with Crippen molar-refractivity contribution in [2.75, 3.05) is 7.11 Å². The molecular formula is C13H15FO2. The second kappa shape index (κ2) is 6.14. The second-order valence-electron chi connectivity index (χ2n) is 3.34. The molecule has 0 aliphatic rings. The second-order valence-corrected chi connectivity index (χ2v) is 3.34. The summed E-state index contributed by atoms with van der Waals surface area (Å²) in [5.41, 5.74) is 0.211. The minimum atomic E-state index is -0.878. The fraction of sp³-hybridized carbons (Fsp3) is 0.385. The van der Waals surface area contributed by atoms with Gasteiger partial charge in [0.1, 0.15) is 11.6 Å². The Morgan fingerprint density at radius 3 is 2.88 bits per heavy atom. The van der Waals surface area contributed by atoms with Crippen molar-refractivity contribution in [3.8, 4) is 17.6 Å². The first kappa shape index (κ1) is 12.5. The summed E-state index contributed by atoms with van der Waals surface area (Å²) in [6, 6.07) is 4.50. The number of aliphatic hydroxyl groups is 1. The van der Waals surface area contributed by atoms with Crippen LogP contribution in [0.15, 0.2) is 18.2 Å². The average molecular weight is 222 g/mol. The Balaban J connectivity index is 2.87. The van der Waals surface area contributed by atoms with Gasteiger partial charge in [0.25, 0.3) is 0 Å². The zero-order chi connectivity index (χ0) is 12.0. The van der Waals surface area contributed by atoms with Crippen LogP contribution in [-0.2, 0) is 0 Å². The molecule has 1 aromatic rings. The Kier molecular flexibility index (Phi) is 4.81. The third-order valence-corrected chi connectivity index (χ3v) is 2.29. The van der Waals surface area contributed by atoms with Gasteiger partial charge >= 0.3 is 0 Å². The minimum absolute atomic E-state index is 0.211. The molecule has 0 aliphatic heterocycles. The first-order valence-electron chi connectivity index (χ1n) is 5.10. The first-order valence-corrected chi connectivity index (χ1v) is 5.10. The van der Waals surface area contributed by atoms with E-state index in [0.717, 1.165) is 0 Å². The lowest BCUT2D eigenvalue weighted by atomic mass is 10.0. The lowest BCUT2D eigenvalue weighted by Crippen LogP contribution is -2.03. The normalized spacial score (nSPS) is 11.5. The van der Waals surface area contributed by atoms with E-state index in [1.807, 2.05) is 0 Å².